The second-order valence-corrected chi connectivity index (χ2v) is 3.19. The number of hydrogen-bond donors (Lipinski definition) is 2. The molecule has 0 radical (unpaired) electrons. The standard InChI is InChI=1S/C4H7O5P/c1-9-10(7,8)3-2-4(5)6/h2-3H,1H3,(H,5,6)(H,7,8). The van der Waals surface area contributed by atoms with Gasteiger partial charge in [-0.15, -0.1) is 0 Å². The molecule has 1 atom stereocenters. The Labute approximate surface area is 57.5 Å². The first-order valence-corrected chi connectivity index (χ1v) is 3.93. The first-order chi connectivity index (χ1) is 4.48. The lowest BCUT2D eigenvalue weighted by atomic mass is 10.7. The van der Waals surface area contributed by atoms with Gasteiger partial charge in [0, 0.05) is 19.0 Å². The van der Waals surface area contributed by atoms with Crippen LogP contribution in [-0.4, -0.2) is 23.1 Å². The number of carbonyl (C=O) groups is 1. The SMILES string of the molecule is COP(=O)(O)C=CC(=O)O. The summed E-state index contributed by atoms with van der Waals surface area (Å²) in [6.07, 6.45) is 0.560. The highest BCUT2D eigenvalue weighted by Gasteiger charge is 2.10. The Kier molecular flexibility index (Phi) is 3.28. The van der Waals surface area contributed by atoms with Crippen LogP contribution in [0.4, 0.5) is 0 Å². The summed E-state index contributed by atoms with van der Waals surface area (Å²) in [6, 6.07) is 0. The molecule has 0 aliphatic carbocycles. The fourth-order valence-corrected chi connectivity index (χ4v) is 0.656. The average Bonchev–Trinajstić information content (AvgIpc) is 1.85. The van der Waals surface area contributed by atoms with Gasteiger partial charge in [-0.2, -0.15) is 0 Å². The molecule has 2 N–H and O–H groups in total. The van der Waals surface area contributed by atoms with E-state index in [0.29, 0.717) is 11.9 Å². The van der Waals surface area contributed by atoms with Gasteiger partial charge < -0.3 is 14.5 Å². The molecular weight excluding hydrogens is 159 g/mol. The Morgan fingerprint density at radius 3 is 2.50 bits per heavy atom. The van der Waals surface area contributed by atoms with Crippen molar-refractivity contribution in [2.75, 3.05) is 7.11 Å². The second-order valence-electron chi connectivity index (χ2n) is 1.40. The number of hydrogen-bond acceptors (Lipinski definition) is 3. The highest BCUT2D eigenvalue weighted by Crippen LogP contribution is 2.41. The lowest BCUT2D eigenvalue weighted by molar-refractivity contribution is -0.131. The summed E-state index contributed by atoms with van der Waals surface area (Å²) in [6.45, 7) is 0. The van der Waals surface area contributed by atoms with Crippen LogP contribution in [0.2, 0.25) is 0 Å². The average molecular weight is 166 g/mol. The van der Waals surface area contributed by atoms with E-state index < -0.39 is 13.6 Å². The van der Waals surface area contributed by atoms with Gasteiger partial charge in [-0.1, -0.05) is 0 Å². The first kappa shape index (κ1) is 9.36. The fourth-order valence-electron chi connectivity index (χ4n) is 0.219. The molecule has 0 spiro atoms. The van der Waals surface area contributed by atoms with Gasteiger partial charge in [0.05, 0.1) is 0 Å². The Bertz CT molecular complexity index is 196. The zero-order valence-electron chi connectivity index (χ0n) is 5.22. The summed E-state index contributed by atoms with van der Waals surface area (Å²) in [5, 5.41) is 8.00. The molecular formula is C4H7O5P. The molecule has 0 aromatic heterocycles. The Balaban J connectivity index is 4.13. The number of rotatable bonds is 3. The largest absolute Gasteiger partial charge is 0.478 e. The van der Waals surface area contributed by atoms with Crippen molar-refractivity contribution < 1.29 is 23.9 Å². The fraction of sp³-hybridized carbons (Fsp3) is 0.250. The van der Waals surface area contributed by atoms with Gasteiger partial charge in [0.15, 0.2) is 0 Å². The molecule has 0 saturated heterocycles. The molecule has 0 aromatic rings. The molecule has 10 heavy (non-hydrogen) atoms. The van der Waals surface area contributed by atoms with Gasteiger partial charge in [-0.3, -0.25) is 4.57 Å². The zero-order valence-corrected chi connectivity index (χ0v) is 6.12. The molecule has 0 heterocycles. The summed E-state index contributed by atoms with van der Waals surface area (Å²) in [7, 11) is -2.77. The molecule has 0 aliphatic heterocycles. The lowest BCUT2D eigenvalue weighted by Gasteiger charge is -1.99. The minimum atomic E-state index is -3.79. The minimum Gasteiger partial charge on any atom is -0.478 e. The van der Waals surface area contributed by atoms with Gasteiger partial charge in [0.1, 0.15) is 0 Å². The van der Waals surface area contributed by atoms with Gasteiger partial charge >= 0.3 is 13.6 Å². The van der Waals surface area contributed by atoms with Crippen LogP contribution in [0.1, 0.15) is 0 Å². The number of carboxylic acids is 1. The maximum Gasteiger partial charge on any atom is 0.351 e. The van der Waals surface area contributed by atoms with E-state index in [4.69, 9.17) is 10.00 Å². The summed E-state index contributed by atoms with van der Waals surface area (Å²) >= 11 is 0. The quantitative estimate of drug-likeness (QED) is 0.468. The molecule has 6 heteroatoms. The van der Waals surface area contributed by atoms with Crippen molar-refractivity contribution in [1.82, 2.24) is 0 Å². The Hall–Kier alpha value is -0.640. The third kappa shape index (κ3) is 4.26. The molecule has 0 fully saturated rings. The van der Waals surface area contributed by atoms with Crippen LogP contribution < -0.4 is 0 Å². The predicted molar refractivity (Wildman–Crippen MR) is 33.6 cm³/mol. The van der Waals surface area contributed by atoms with E-state index >= 15 is 0 Å². The summed E-state index contributed by atoms with van der Waals surface area (Å²) in [5.74, 6) is -0.679. The van der Waals surface area contributed by atoms with E-state index in [-0.39, 0.29) is 0 Å². The molecule has 0 saturated carbocycles. The normalized spacial score (nSPS) is 17.0. The van der Waals surface area contributed by atoms with Gasteiger partial charge in [0.25, 0.3) is 0 Å². The van der Waals surface area contributed by atoms with Crippen LogP contribution >= 0.6 is 7.60 Å². The molecule has 0 amide bonds. The van der Waals surface area contributed by atoms with Crippen molar-refractivity contribution in [3.63, 3.8) is 0 Å². The van der Waals surface area contributed by atoms with Crippen molar-refractivity contribution in [2.24, 2.45) is 0 Å². The lowest BCUT2D eigenvalue weighted by Crippen LogP contribution is -1.86. The van der Waals surface area contributed by atoms with E-state index in [1.807, 2.05) is 0 Å². The predicted octanol–water partition coefficient (Wildman–Crippen LogP) is 0.416. The minimum absolute atomic E-state index is 0.560. The van der Waals surface area contributed by atoms with E-state index in [9.17, 15) is 9.36 Å². The Morgan fingerprint density at radius 1 is 1.70 bits per heavy atom. The van der Waals surface area contributed by atoms with Gasteiger partial charge in [-0.25, -0.2) is 4.79 Å². The maximum atomic E-state index is 10.5. The third-order valence-corrected chi connectivity index (χ3v) is 1.72. The molecule has 58 valence electrons. The Morgan fingerprint density at radius 2 is 2.20 bits per heavy atom. The van der Waals surface area contributed by atoms with E-state index in [0.717, 1.165) is 7.11 Å². The van der Waals surface area contributed by atoms with Crippen LogP contribution in [0.15, 0.2) is 11.9 Å². The van der Waals surface area contributed by atoms with Crippen LogP contribution in [0, 0.1) is 0 Å². The van der Waals surface area contributed by atoms with Gasteiger partial charge in [0.2, 0.25) is 0 Å². The molecule has 0 aromatic carbocycles. The highest BCUT2D eigenvalue weighted by molar-refractivity contribution is 7.56. The van der Waals surface area contributed by atoms with Crippen molar-refractivity contribution in [1.29, 1.82) is 0 Å². The van der Waals surface area contributed by atoms with Crippen LogP contribution in [0.3, 0.4) is 0 Å². The van der Waals surface area contributed by atoms with E-state index in [2.05, 4.69) is 4.52 Å². The van der Waals surface area contributed by atoms with Crippen LogP contribution in [0.5, 0.6) is 0 Å². The smallest absolute Gasteiger partial charge is 0.351 e. The van der Waals surface area contributed by atoms with E-state index in [1.54, 1.807) is 0 Å². The number of aliphatic carboxylic acids is 1. The number of carboxylic acid groups (broad SMARTS) is 1. The van der Waals surface area contributed by atoms with Crippen molar-refractivity contribution in [2.45, 2.75) is 0 Å². The topological polar surface area (TPSA) is 83.8 Å². The molecule has 0 aliphatic rings. The molecule has 1 unspecified atom stereocenters. The zero-order chi connectivity index (χ0) is 8.20. The second kappa shape index (κ2) is 3.51. The van der Waals surface area contributed by atoms with Crippen LogP contribution in [0.25, 0.3) is 0 Å². The van der Waals surface area contributed by atoms with Crippen LogP contribution in [-0.2, 0) is 13.9 Å². The highest BCUT2D eigenvalue weighted by atomic mass is 31.2. The summed E-state index contributed by atoms with van der Waals surface area (Å²) in [5.41, 5.74) is 0. The van der Waals surface area contributed by atoms with Crippen molar-refractivity contribution >= 4 is 13.6 Å². The summed E-state index contributed by atoms with van der Waals surface area (Å²) in [4.78, 5) is 18.3. The maximum absolute atomic E-state index is 10.5. The third-order valence-electron chi connectivity index (χ3n) is 0.667. The van der Waals surface area contributed by atoms with Gasteiger partial charge in [-0.05, 0) is 0 Å². The molecule has 0 rings (SSSR count). The van der Waals surface area contributed by atoms with E-state index in [1.165, 1.54) is 0 Å². The molecule has 5 nitrogen and oxygen atoms in total. The van der Waals surface area contributed by atoms with Crippen molar-refractivity contribution in [3.8, 4) is 0 Å². The first-order valence-electron chi connectivity index (χ1n) is 2.28. The summed E-state index contributed by atoms with van der Waals surface area (Å²) < 4.78 is 14.5. The van der Waals surface area contributed by atoms with Crippen molar-refractivity contribution in [3.05, 3.63) is 11.9 Å². The monoisotopic (exact) mass is 166 g/mol. The molecule has 0 bridgehead atoms.